The molecule has 1 rings (SSSR count). The summed E-state index contributed by atoms with van der Waals surface area (Å²) in [6.45, 7) is 3.00. The summed E-state index contributed by atoms with van der Waals surface area (Å²) in [5.74, 6) is -2.39. The van der Waals surface area contributed by atoms with Crippen molar-refractivity contribution in [2.75, 3.05) is 7.11 Å². The first-order chi connectivity index (χ1) is 8.69. The van der Waals surface area contributed by atoms with Crippen LogP contribution in [0.2, 0.25) is 0 Å². The molecule has 0 fully saturated rings. The standard InChI is InChI=1S/C13H16O6/c1-13(2,12(17)18)6-7-4-8(11(15)16)10(19-3)5-9(7)14/h4-5,14H,6H2,1-3H3,(H,15,16)(H,17,18). The molecule has 1 aromatic rings. The Bertz CT molecular complexity index is 518. The van der Waals surface area contributed by atoms with E-state index >= 15 is 0 Å². The molecule has 0 bridgehead atoms. The lowest BCUT2D eigenvalue weighted by molar-refractivity contribution is -0.146. The normalized spacial score (nSPS) is 11.1. The number of phenolic OH excluding ortho intramolecular Hbond substituents is 1. The number of benzene rings is 1. The van der Waals surface area contributed by atoms with E-state index in [0.717, 1.165) is 0 Å². The number of phenols is 1. The highest BCUT2D eigenvalue weighted by Gasteiger charge is 2.29. The fourth-order valence-corrected chi connectivity index (χ4v) is 1.64. The van der Waals surface area contributed by atoms with Gasteiger partial charge in [0.2, 0.25) is 0 Å². The number of aliphatic carboxylic acids is 1. The number of aromatic carboxylic acids is 1. The fraction of sp³-hybridized carbons (Fsp3) is 0.385. The van der Waals surface area contributed by atoms with Gasteiger partial charge in [0.05, 0.1) is 12.5 Å². The average molecular weight is 268 g/mol. The molecule has 0 aliphatic heterocycles. The highest BCUT2D eigenvalue weighted by atomic mass is 16.5. The Morgan fingerprint density at radius 3 is 2.26 bits per heavy atom. The predicted octanol–water partition coefficient (Wildman–Crippen LogP) is 1.75. The highest BCUT2D eigenvalue weighted by molar-refractivity contribution is 5.91. The fourth-order valence-electron chi connectivity index (χ4n) is 1.64. The molecule has 0 amide bonds. The Labute approximate surface area is 110 Å². The monoisotopic (exact) mass is 268 g/mol. The summed E-state index contributed by atoms with van der Waals surface area (Å²) in [4.78, 5) is 22.1. The molecule has 0 spiro atoms. The zero-order valence-corrected chi connectivity index (χ0v) is 10.9. The molecule has 0 saturated carbocycles. The number of hydrogen-bond donors (Lipinski definition) is 3. The Morgan fingerprint density at radius 1 is 1.26 bits per heavy atom. The Kier molecular flexibility index (Phi) is 4.04. The molecule has 3 N–H and O–H groups in total. The molecule has 0 saturated heterocycles. The highest BCUT2D eigenvalue weighted by Crippen LogP contribution is 2.33. The molecule has 19 heavy (non-hydrogen) atoms. The summed E-state index contributed by atoms with van der Waals surface area (Å²) in [5, 5.41) is 27.9. The molecule has 0 aliphatic carbocycles. The summed E-state index contributed by atoms with van der Waals surface area (Å²) in [7, 11) is 1.29. The number of ether oxygens (including phenoxy) is 1. The second kappa shape index (κ2) is 5.17. The van der Waals surface area contributed by atoms with Gasteiger partial charge in [-0.05, 0) is 31.9 Å². The average Bonchev–Trinajstić information content (AvgIpc) is 2.30. The zero-order chi connectivity index (χ0) is 14.8. The van der Waals surface area contributed by atoms with E-state index in [9.17, 15) is 14.7 Å². The summed E-state index contributed by atoms with van der Waals surface area (Å²) in [6, 6.07) is 2.41. The van der Waals surface area contributed by atoms with Crippen molar-refractivity contribution in [3.8, 4) is 11.5 Å². The van der Waals surface area contributed by atoms with Gasteiger partial charge in [0.25, 0.3) is 0 Å². The topological polar surface area (TPSA) is 104 Å². The van der Waals surface area contributed by atoms with E-state index in [-0.39, 0.29) is 29.0 Å². The second-order valence-electron chi connectivity index (χ2n) is 4.85. The van der Waals surface area contributed by atoms with Crippen LogP contribution in [-0.2, 0) is 11.2 Å². The minimum absolute atomic E-state index is 0.0123. The third-order valence-electron chi connectivity index (χ3n) is 2.84. The van der Waals surface area contributed by atoms with Gasteiger partial charge in [-0.2, -0.15) is 0 Å². The number of methoxy groups -OCH3 is 1. The molecule has 0 aromatic heterocycles. The molecule has 104 valence electrons. The molecule has 0 radical (unpaired) electrons. The first-order valence-corrected chi connectivity index (χ1v) is 5.55. The number of carboxylic acid groups (broad SMARTS) is 2. The van der Waals surface area contributed by atoms with Crippen LogP contribution in [-0.4, -0.2) is 34.4 Å². The van der Waals surface area contributed by atoms with E-state index in [1.54, 1.807) is 0 Å². The maximum Gasteiger partial charge on any atom is 0.339 e. The van der Waals surface area contributed by atoms with E-state index in [2.05, 4.69) is 0 Å². The molecule has 1 aromatic carbocycles. The third-order valence-corrected chi connectivity index (χ3v) is 2.84. The molecular weight excluding hydrogens is 252 g/mol. The van der Waals surface area contributed by atoms with Crippen LogP contribution in [0.3, 0.4) is 0 Å². The van der Waals surface area contributed by atoms with Gasteiger partial charge < -0.3 is 20.1 Å². The van der Waals surface area contributed by atoms with Crippen molar-refractivity contribution < 1.29 is 29.6 Å². The second-order valence-corrected chi connectivity index (χ2v) is 4.85. The summed E-state index contributed by atoms with van der Waals surface area (Å²) in [6.07, 6.45) is 0.0123. The molecule has 0 heterocycles. The summed E-state index contributed by atoms with van der Waals surface area (Å²) < 4.78 is 4.86. The van der Waals surface area contributed by atoms with E-state index < -0.39 is 17.4 Å². The SMILES string of the molecule is COc1cc(O)c(CC(C)(C)C(=O)O)cc1C(=O)O. The molecule has 0 atom stereocenters. The van der Waals surface area contributed by atoms with E-state index in [0.29, 0.717) is 0 Å². The number of aromatic hydroxyl groups is 1. The number of carboxylic acids is 2. The van der Waals surface area contributed by atoms with Gasteiger partial charge in [-0.3, -0.25) is 4.79 Å². The first-order valence-electron chi connectivity index (χ1n) is 5.55. The van der Waals surface area contributed by atoms with Gasteiger partial charge in [0.1, 0.15) is 17.1 Å². The van der Waals surface area contributed by atoms with E-state index in [4.69, 9.17) is 14.9 Å². The van der Waals surface area contributed by atoms with Crippen molar-refractivity contribution in [1.82, 2.24) is 0 Å². The molecule has 0 aliphatic rings. The number of hydrogen-bond acceptors (Lipinski definition) is 4. The van der Waals surface area contributed by atoms with Gasteiger partial charge in [-0.15, -0.1) is 0 Å². The van der Waals surface area contributed by atoms with Crippen LogP contribution in [0.15, 0.2) is 12.1 Å². The smallest absolute Gasteiger partial charge is 0.339 e. The van der Waals surface area contributed by atoms with Gasteiger partial charge >= 0.3 is 11.9 Å². The molecule has 6 heteroatoms. The Morgan fingerprint density at radius 2 is 1.84 bits per heavy atom. The minimum Gasteiger partial charge on any atom is -0.508 e. The number of rotatable bonds is 5. The quantitative estimate of drug-likeness (QED) is 0.751. The maximum atomic E-state index is 11.1. The van der Waals surface area contributed by atoms with Gasteiger partial charge in [0, 0.05) is 6.07 Å². The van der Waals surface area contributed by atoms with E-state index in [1.165, 1.54) is 33.1 Å². The first kappa shape index (κ1) is 14.8. The molecular formula is C13H16O6. The zero-order valence-electron chi connectivity index (χ0n) is 10.9. The van der Waals surface area contributed by atoms with Crippen molar-refractivity contribution >= 4 is 11.9 Å². The Balaban J connectivity index is 3.26. The van der Waals surface area contributed by atoms with Crippen LogP contribution in [0.4, 0.5) is 0 Å². The predicted molar refractivity (Wildman–Crippen MR) is 66.7 cm³/mol. The molecule has 6 nitrogen and oxygen atoms in total. The largest absolute Gasteiger partial charge is 0.508 e. The van der Waals surface area contributed by atoms with Crippen LogP contribution >= 0.6 is 0 Å². The summed E-state index contributed by atoms with van der Waals surface area (Å²) in [5.41, 5.74) is -0.968. The van der Waals surface area contributed by atoms with Crippen LogP contribution in [0.5, 0.6) is 11.5 Å². The van der Waals surface area contributed by atoms with Crippen molar-refractivity contribution in [2.45, 2.75) is 20.3 Å². The van der Waals surface area contributed by atoms with Crippen molar-refractivity contribution in [3.63, 3.8) is 0 Å². The van der Waals surface area contributed by atoms with E-state index in [1.807, 2.05) is 0 Å². The van der Waals surface area contributed by atoms with Gasteiger partial charge in [-0.1, -0.05) is 0 Å². The lowest BCUT2D eigenvalue weighted by atomic mass is 9.85. The Hall–Kier alpha value is -2.24. The lowest BCUT2D eigenvalue weighted by Gasteiger charge is -2.20. The van der Waals surface area contributed by atoms with Crippen molar-refractivity contribution in [3.05, 3.63) is 23.3 Å². The van der Waals surface area contributed by atoms with Crippen LogP contribution in [0, 0.1) is 5.41 Å². The van der Waals surface area contributed by atoms with Crippen LogP contribution in [0.25, 0.3) is 0 Å². The van der Waals surface area contributed by atoms with Gasteiger partial charge in [0.15, 0.2) is 0 Å². The van der Waals surface area contributed by atoms with Gasteiger partial charge in [-0.25, -0.2) is 4.79 Å². The lowest BCUT2D eigenvalue weighted by Crippen LogP contribution is -2.26. The van der Waals surface area contributed by atoms with Crippen LogP contribution < -0.4 is 4.74 Å². The summed E-state index contributed by atoms with van der Waals surface area (Å²) >= 11 is 0. The third kappa shape index (κ3) is 3.15. The number of carbonyl (C=O) groups is 2. The van der Waals surface area contributed by atoms with Crippen molar-refractivity contribution in [2.24, 2.45) is 5.41 Å². The van der Waals surface area contributed by atoms with Crippen molar-refractivity contribution in [1.29, 1.82) is 0 Å². The van der Waals surface area contributed by atoms with Crippen LogP contribution in [0.1, 0.15) is 29.8 Å². The maximum absolute atomic E-state index is 11.1. The molecule has 0 unspecified atom stereocenters. The minimum atomic E-state index is -1.20.